The van der Waals surface area contributed by atoms with Crippen LogP contribution in [0.15, 0.2) is 28.9 Å². The first-order chi connectivity index (χ1) is 8.16. The first-order valence-corrected chi connectivity index (χ1v) is 5.26. The van der Waals surface area contributed by atoms with E-state index in [0.29, 0.717) is 18.6 Å². The highest BCUT2D eigenvalue weighted by Gasteiger charge is 2.30. The monoisotopic (exact) mass is 233 g/mol. The van der Waals surface area contributed by atoms with Gasteiger partial charge < -0.3 is 9.73 Å². The van der Waals surface area contributed by atoms with E-state index in [-0.39, 0.29) is 5.91 Å². The quantitative estimate of drug-likeness (QED) is 0.613. The van der Waals surface area contributed by atoms with Crippen molar-refractivity contribution in [1.82, 2.24) is 5.32 Å². The molecule has 0 bridgehead atoms. The van der Waals surface area contributed by atoms with Crippen molar-refractivity contribution in [2.45, 2.75) is 18.9 Å². The molecule has 1 N–H and O–H groups in total. The van der Waals surface area contributed by atoms with Crippen molar-refractivity contribution >= 4 is 23.5 Å². The lowest BCUT2D eigenvalue weighted by molar-refractivity contribution is -0.135. The van der Waals surface area contributed by atoms with Gasteiger partial charge in [0.2, 0.25) is 17.5 Å². The molecule has 1 aliphatic rings. The maximum Gasteiger partial charge on any atom is 0.224 e. The van der Waals surface area contributed by atoms with Gasteiger partial charge in [0.05, 0.1) is 12.3 Å². The minimum Gasteiger partial charge on any atom is -0.465 e. The number of carbonyl (C=O) groups excluding carboxylic acids is 3. The molecule has 1 aliphatic heterocycles. The summed E-state index contributed by atoms with van der Waals surface area (Å²) in [5.74, 6) is -0.903. The van der Waals surface area contributed by atoms with E-state index in [9.17, 15) is 14.4 Å². The van der Waals surface area contributed by atoms with Crippen LogP contribution in [0.2, 0.25) is 0 Å². The zero-order valence-corrected chi connectivity index (χ0v) is 9.01. The zero-order valence-electron chi connectivity index (χ0n) is 9.01. The van der Waals surface area contributed by atoms with Crippen molar-refractivity contribution in [1.29, 1.82) is 0 Å². The lowest BCUT2D eigenvalue weighted by atomic mass is 10.1. The Hall–Kier alpha value is -2.17. The summed E-state index contributed by atoms with van der Waals surface area (Å²) < 4.78 is 4.99. The Bertz CT molecular complexity index is 473. The zero-order chi connectivity index (χ0) is 12.3. The number of hydrogen-bond donors (Lipinski definition) is 1. The highest BCUT2D eigenvalue weighted by Crippen LogP contribution is 2.09. The van der Waals surface area contributed by atoms with E-state index in [0.717, 1.165) is 6.08 Å². The van der Waals surface area contributed by atoms with Crippen LogP contribution in [0, 0.1) is 0 Å². The molecule has 0 spiro atoms. The van der Waals surface area contributed by atoms with Gasteiger partial charge in [0.25, 0.3) is 0 Å². The summed E-state index contributed by atoms with van der Waals surface area (Å²) in [4.78, 5) is 34.0. The van der Waals surface area contributed by atoms with Crippen LogP contribution in [0.25, 0.3) is 6.08 Å². The molecule has 17 heavy (non-hydrogen) atoms. The van der Waals surface area contributed by atoms with Gasteiger partial charge in [-0.1, -0.05) is 0 Å². The van der Waals surface area contributed by atoms with E-state index in [1.54, 1.807) is 12.1 Å². The molecule has 1 atom stereocenters. The van der Waals surface area contributed by atoms with Gasteiger partial charge in [0, 0.05) is 6.42 Å². The summed E-state index contributed by atoms with van der Waals surface area (Å²) in [7, 11) is 0. The Morgan fingerprint density at radius 3 is 2.88 bits per heavy atom. The summed E-state index contributed by atoms with van der Waals surface area (Å²) in [6, 6.07) is 2.69. The van der Waals surface area contributed by atoms with Crippen LogP contribution in [0.4, 0.5) is 0 Å². The number of ketones is 2. The third-order valence-electron chi connectivity index (χ3n) is 2.50. The van der Waals surface area contributed by atoms with E-state index >= 15 is 0 Å². The maximum absolute atomic E-state index is 11.6. The highest BCUT2D eigenvalue weighted by molar-refractivity contribution is 6.44. The number of hydrogen-bond acceptors (Lipinski definition) is 4. The molecular formula is C12H11NO4. The molecule has 0 aromatic carbocycles. The molecular weight excluding hydrogens is 222 g/mol. The van der Waals surface area contributed by atoms with Crippen molar-refractivity contribution in [3.8, 4) is 0 Å². The van der Waals surface area contributed by atoms with Crippen LogP contribution in [0.1, 0.15) is 18.6 Å². The predicted octanol–water partition coefficient (Wildman–Crippen LogP) is 0.710. The summed E-state index contributed by atoms with van der Waals surface area (Å²) in [6.07, 6.45) is 4.75. The fourth-order valence-electron chi connectivity index (χ4n) is 1.61. The van der Waals surface area contributed by atoms with Gasteiger partial charge in [-0.3, -0.25) is 14.4 Å². The molecule has 1 fully saturated rings. The van der Waals surface area contributed by atoms with Crippen molar-refractivity contribution in [3.63, 3.8) is 0 Å². The molecule has 0 radical (unpaired) electrons. The summed E-state index contributed by atoms with van der Waals surface area (Å²) in [5, 5.41) is 2.46. The lowest BCUT2D eigenvalue weighted by Gasteiger charge is -2.04. The van der Waals surface area contributed by atoms with E-state index < -0.39 is 17.6 Å². The molecule has 2 heterocycles. The maximum atomic E-state index is 11.6. The van der Waals surface area contributed by atoms with E-state index in [1.807, 2.05) is 0 Å². The van der Waals surface area contributed by atoms with Crippen molar-refractivity contribution in [2.24, 2.45) is 0 Å². The Kier molecular flexibility index (Phi) is 3.18. The van der Waals surface area contributed by atoms with Gasteiger partial charge in [0.15, 0.2) is 0 Å². The molecule has 5 heteroatoms. The summed E-state index contributed by atoms with van der Waals surface area (Å²) >= 11 is 0. The normalized spacial score (nSPS) is 19.5. The Morgan fingerprint density at radius 1 is 1.47 bits per heavy atom. The van der Waals surface area contributed by atoms with Crippen LogP contribution >= 0.6 is 0 Å². The van der Waals surface area contributed by atoms with Gasteiger partial charge in [0.1, 0.15) is 5.76 Å². The molecule has 0 aliphatic carbocycles. The van der Waals surface area contributed by atoms with Crippen molar-refractivity contribution in [3.05, 3.63) is 30.2 Å². The Labute approximate surface area is 97.5 Å². The van der Waals surface area contributed by atoms with Crippen molar-refractivity contribution in [2.75, 3.05) is 0 Å². The van der Waals surface area contributed by atoms with Crippen LogP contribution in [0.3, 0.4) is 0 Å². The molecule has 1 aromatic rings. The largest absolute Gasteiger partial charge is 0.465 e. The van der Waals surface area contributed by atoms with Gasteiger partial charge >= 0.3 is 0 Å². The highest BCUT2D eigenvalue weighted by atomic mass is 16.3. The number of Topliss-reactive ketones (excluding diaryl/α,β-unsaturated/α-hetero) is 1. The fraction of sp³-hybridized carbons (Fsp3) is 0.250. The number of nitrogens with one attached hydrogen (secondary N) is 1. The van der Waals surface area contributed by atoms with E-state index in [1.165, 1.54) is 12.3 Å². The van der Waals surface area contributed by atoms with E-state index in [2.05, 4.69) is 5.32 Å². The average Bonchev–Trinajstić information content (AvgIpc) is 2.95. The van der Waals surface area contributed by atoms with Gasteiger partial charge in [-0.15, -0.1) is 0 Å². The van der Waals surface area contributed by atoms with Crippen LogP contribution in [0.5, 0.6) is 0 Å². The third-order valence-corrected chi connectivity index (χ3v) is 2.50. The van der Waals surface area contributed by atoms with Crippen LogP contribution in [-0.2, 0) is 14.4 Å². The molecule has 88 valence electrons. The van der Waals surface area contributed by atoms with Crippen LogP contribution in [-0.4, -0.2) is 23.5 Å². The second-order valence-corrected chi connectivity index (χ2v) is 3.74. The van der Waals surface area contributed by atoms with Gasteiger partial charge in [-0.25, -0.2) is 0 Å². The number of furan rings is 1. The minimum absolute atomic E-state index is 0.189. The first-order valence-electron chi connectivity index (χ1n) is 5.26. The number of rotatable bonds is 4. The summed E-state index contributed by atoms with van der Waals surface area (Å²) in [5.41, 5.74) is 0. The van der Waals surface area contributed by atoms with Crippen molar-refractivity contribution < 1.29 is 18.8 Å². The second kappa shape index (κ2) is 4.78. The number of amides is 1. The third kappa shape index (κ3) is 2.69. The standard InChI is InChI=1S/C12H11NO4/c14-10(5-3-8-2-1-7-17-8)12(16)9-4-6-11(15)13-9/h1-3,5,7,9H,4,6H2,(H,13,15)/t9-/m0/s1. The second-order valence-electron chi connectivity index (χ2n) is 3.74. The number of carbonyl (C=O) groups is 3. The molecule has 0 saturated carbocycles. The lowest BCUT2D eigenvalue weighted by Crippen LogP contribution is -2.36. The molecule has 0 unspecified atom stereocenters. The first kappa shape index (κ1) is 11.3. The molecule has 1 saturated heterocycles. The minimum atomic E-state index is -0.670. The molecule has 2 rings (SSSR count). The Morgan fingerprint density at radius 2 is 2.29 bits per heavy atom. The number of allylic oxidation sites excluding steroid dienone is 1. The van der Waals surface area contributed by atoms with E-state index in [4.69, 9.17) is 4.42 Å². The molecule has 1 amide bonds. The SMILES string of the molecule is O=C1CC[C@@H](C(=O)C(=O)C=Cc2ccco2)N1. The van der Waals surface area contributed by atoms with Gasteiger partial charge in [-0.05, 0) is 30.7 Å². The average molecular weight is 233 g/mol. The molecule has 1 aromatic heterocycles. The smallest absolute Gasteiger partial charge is 0.224 e. The van der Waals surface area contributed by atoms with Crippen LogP contribution < -0.4 is 5.32 Å². The Balaban J connectivity index is 1.96. The van der Waals surface area contributed by atoms with Gasteiger partial charge in [-0.2, -0.15) is 0 Å². The fourth-order valence-corrected chi connectivity index (χ4v) is 1.61. The predicted molar refractivity (Wildman–Crippen MR) is 58.9 cm³/mol. The molecule has 5 nitrogen and oxygen atoms in total. The summed E-state index contributed by atoms with van der Waals surface area (Å²) in [6.45, 7) is 0. The topological polar surface area (TPSA) is 76.4 Å².